The summed E-state index contributed by atoms with van der Waals surface area (Å²) in [6.07, 6.45) is 0.971. The number of benzene rings is 2. The monoisotopic (exact) mass is 328 g/mol. The number of hydrogen-bond acceptors (Lipinski definition) is 3. The van der Waals surface area contributed by atoms with Crippen LogP contribution in [0.2, 0.25) is 0 Å². The molecule has 4 nitrogen and oxygen atoms in total. The zero-order chi connectivity index (χ0) is 17.1. The Morgan fingerprint density at radius 2 is 1.78 bits per heavy atom. The zero-order valence-corrected chi connectivity index (χ0v) is 14.3. The van der Waals surface area contributed by atoms with Crippen LogP contribution in [0.15, 0.2) is 53.4 Å². The molecule has 0 unspecified atom stereocenters. The quantitative estimate of drug-likeness (QED) is 0.900. The van der Waals surface area contributed by atoms with Gasteiger partial charge in [-0.15, -0.1) is 0 Å². The summed E-state index contributed by atoms with van der Waals surface area (Å²) in [6, 6.07) is 15.3. The first-order valence-electron chi connectivity index (χ1n) is 7.42. The van der Waals surface area contributed by atoms with Crippen molar-refractivity contribution in [3.63, 3.8) is 0 Å². The van der Waals surface area contributed by atoms with E-state index in [2.05, 4.69) is 25.5 Å². The van der Waals surface area contributed by atoms with E-state index in [0.717, 1.165) is 12.0 Å². The summed E-state index contributed by atoms with van der Waals surface area (Å²) in [5.74, 6) is 0. The predicted octanol–water partition coefficient (Wildman–Crippen LogP) is 4.05. The van der Waals surface area contributed by atoms with Crippen molar-refractivity contribution in [3.8, 4) is 6.07 Å². The molecule has 2 aromatic carbocycles. The van der Waals surface area contributed by atoms with Gasteiger partial charge in [0.05, 0.1) is 22.2 Å². The molecule has 1 N–H and O–H groups in total. The van der Waals surface area contributed by atoms with Crippen LogP contribution in [-0.4, -0.2) is 8.42 Å². The Bertz CT molecular complexity index is 832. The summed E-state index contributed by atoms with van der Waals surface area (Å²) in [5.41, 5.74) is 1.90. The maximum atomic E-state index is 12.4. The Morgan fingerprint density at radius 3 is 2.35 bits per heavy atom. The van der Waals surface area contributed by atoms with Crippen molar-refractivity contribution in [2.24, 2.45) is 0 Å². The summed E-state index contributed by atoms with van der Waals surface area (Å²) < 4.78 is 27.4. The first-order valence-corrected chi connectivity index (χ1v) is 8.90. The molecule has 0 atom stereocenters. The first kappa shape index (κ1) is 17.0. The second kappa shape index (κ2) is 6.43. The average molecular weight is 328 g/mol. The second-order valence-electron chi connectivity index (χ2n) is 6.06. The molecular formula is C18H20N2O2S. The van der Waals surface area contributed by atoms with E-state index in [-0.39, 0.29) is 10.3 Å². The fraction of sp³-hybridized carbons (Fsp3) is 0.278. The first-order chi connectivity index (χ1) is 10.8. The van der Waals surface area contributed by atoms with Crippen LogP contribution in [0, 0.1) is 11.3 Å². The van der Waals surface area contributed by atoms with Gasteiger partial charge in [0.1, 0.15) is 0 Å². The second-order valence-corrected chi connectivity index (χ2v) is 7.74. The molecule has 0 bridgehead atoms. The van der Waals surface area contributed by atoms with Gasteiger partial charge in [-0.2, -0.15) is 5.26 Å². The standard InChI is InChI=1S/C18H20N2O2S/c1-4-18(2,3)15-8-10-17(11-9-15)23(21,22)20-16-7-5-6-14(12-16)13-19/h5-12,20H,4H2,1-3H3. The van der Waals surface area contributed by atoms with E-state index in [0.29, 0.717) is 11.3 Å². The molecule has 5 heteroatoms. The third kappa shape index (κ3) is 3.91. The van der Waals surface area contributed by atoms with E-state index in [9.17, 15) is 8.42 Å². The zero-order valence-electron chi connectivity index (χ0n) is 13.5. The number of hydrogen-bond donors (Lipinski definition) is 1. The molecule has 0 aliphatic heterocycles. The molecule has 2 aromatic rings. The van der Waals surface area contributed by atoms with Crippen molar-refractivity contribution in [2.45, 2.75) is 37.5 Å². The van der Waals surface area contributed by atoms with Crippen LogP contribution in [0.1, 0.15) is 38.3 Å². The van der Waals surface area contributed by atoms with Gasteiger partial charge in [0.2, 0.25) is 0 Å². The van der Waals surface area contributed by atoms with Gasteiger partial charge in [-0.25, -0.2) is 8.42 Å². The summed E-state index contributed by atoms with van der Waals surface area (Å²) in [6.45, 7) is 6.36. The van der Waals surface area contributed by atoms with Crippen molar-refractivity contribution in [2.75, 3.05) is 4.72 Å². The lowest BCUT2D eigenvalue weighted by atomic mass is 9.82. The van der Waals surface area contributed by atoms with Gasteiger partial charge in [-0.3, -0.25) is 4.72 Å². The number of sulfonamides is 1. The largest absolute Gasteiger partial charge is 0.280 e. The van der Waals surface area contributed by atoms with Crippen LogP contribution in [-0.2, 0) is 15.4 Å². The normalized spacial score (nSPS) is 11.7. The summed E-state index contributed by atoms with van der Waals surface area (Å²) in [7, 11) is -3.67. The van der Waals surface area contributed by atoms with E-state index in [1.54, 1.807) is 30.3 Å². The van der Waals surface area contributed by atoms with Gasteiger partial charge in [-0.1, -0.05) is 39.0 Å². The molecule has 0 spiro atoms. The van der Waals surface area contributed by atoms with E-state index in [1.165, 1.54) is 6.07 Å². The third-order valence-corrected chi connectivity index (χ3v) is 5.47. The Kier molecular flexibility index (Phi) is 4.76. The summed E-state index contributed by atoms with van der Waals surface area (Å²) in [4.78, 5) is 0.204. The van der Waals surface area contributed by atoms with Crippen LogP contribution >= 0.6 is 0 Å². The molecule has 0 aliphatic rings. The number of nitrogens with zero attached hydrogens (tertiary/aromatic N) is 1. The van der Waals surface area contributed by atoms with Gasteiger partial charge in [-0.05, 0) is 47.7 Å². The topological polar surface area (TPSA) is 70.0 Å². The van der Waals surface area contributed by atoms with Crippen molar-refractivity contribution in [3.05, 3.63) is 59.7 Å². The molecule has 120 valence electrons. The molecule has 0 amide bonds. The molecule has 0 saturated heterocycles. The van der Waals surface area contributed by atoms with Gasteiger partial charge >= 0.3 is 0 Å². The molecule has 0 radical (unpaired) electrons. The Morgan fingerprint density at radius 1 is 1.13 bits per heavy atom. The lowest BCUT2D eigenvalue weighted by molar-refractivity contribution is 0.506. The smallest absolute Gasteiger partial charge is 0.261 e. The predicted molar refractivity (Wildman–Crippen MR) is 91.7 cm³/mol. The Balaban J connectivity index is 2.28. The number of nitriles is 1. The van der Waals surface area contributed by atoms with E-state index < -0.39 is 10.0 Å². The highest BCUT2D eigenvalue weighted by molar-refractivity contribution is 7.92. The van der Waals surface area contributed by atoms with E-state index in [1.807, 2.05) is 18.2 Å². The molecular weight excluding hydrogens is 308 g/mol. The van der Waals surface area contributed by atoms with Crippen molar-refractivity contribution in [1.82, 2.24) is 0 Å². The Labute approximate surface area is 137 Å². The molecule has 0 heterocycles. The highest BCUT2D eigenvalue weighted by Crippen LogP contribution is 2.27. The maximum absolute atomic E-state index is 12.4. The average Bonchev–Trinajstić information content (AvgIpc) is 2.54. The summed E-state index contributed by atoms with van der Waals surface area (Å²) >= 11 is 0. The third-order valence-electron chi connectivity index (χ3n) is 4.07. The maximum Gasteiger partial charge on any atom is 0.261 e. The lowest BCUT2D eigenvalue weighted by Crippen LogP contribution is -2.17. The number of rotatable bonds is 5. The van der Waals surface area contributed by atoms with Crippen molar-refractivity contribution >= 4 is 15.7 Å². The molecule has 23 heavy (non-hydrogen) atoms. The molecule has 0 aliphatic carbocycles. The lowest BCUT2D eigenvalue weighted by Gasteiger charge is -2.23. The van der Waals surface area contributed by atoms with Gasteiger partial charge in [0.25, 0.3) is 10.0 Å². The van der Waals surface area contributed by atoms with Gasteiger partial charge in [0, 0.05) is 0 Å². The Hall–Kier alpha value is -2.32. The minimum atomic E-state index is -3.67. The van der Waals surface area contributed by atoms with Crippen LogP contribution in [0.4, 0.5) is 5.69 Å². The van der Waals surface area contributed by atoms with Crippen LogP contribution in [0.5, 0.6) is 0 Å². The van der Waals surface area contributed by atoms with E-state index in [4.69, 9.17) is 5.26 Å². The van der Waals surface area contributed by atoms with Crippen LogP contribution in [0.3, 0.4) is 0 Å². The van der Waals surface area contributed by atoms with Crippen LogP contribution < -0.4 is 4.72 Å². The molecule has 2 rings (SSSR count). The van der Waals surface area contributed by atoms with Gasteiger partial charge in [0.15, 0.2) is 0 Å². The van der Waals surface area contributed by atoms with Crippen molar-refractivity contribution < 1.29 is 8.42 Å². The number of anilines is 1. The highest BCUT2D eigenvalue weighted by Gasteiger charge is 2.20. The van der Waals surface area contributed by atoms with Crippen molar-refractivity contribution in [1.29, 1.82) is 5.26 Å². The number of nitrogens with one attached hydrogen (secondary N) is 1. The van der Waals surface area contributed by atoms with Gasteiger partial charge < -0.3 is 0 Å². The molecule has 0 aromatic heterocycles. The fourth-order valence-electron chi connectivity index (χ4n) is 2.16. The fourth-order valence-corrected chi connectivity index (χ4v) is 3.21. The molecule has 0 saturated carbocycles. The SMILES string of the molecule is CCC(C)(C)c1ccc(S(=O)(=O)Nc2cccc(C#N)c2)cc1. The highest BCUT2D eigenvalue weighted by atomic mass is 32.2. The minimum absolute atomic E-state index is 0.0108. The van der Waals surface area contributed by atoms with E-state index >= 15 is 0 Å². The minimum Gasteiger partial charge on any atom is -0.280 e. The van der Waals surface area contributed by atoms with Crippen LogP contribution in [0.25, 0.3) is 0 Å². The summed E-state index contributed by atoms with van der Waals surface area (Å²) in [5, 5.41) is 8.88. The molecule has 0 fully saturated rings.